The minimum absolute atomic E-state index is 0.117. The maximum Gasteiger partial charge on any atom is 0.335 e. The molecule has 3 N–H and O–H groups in total. The van der Waals surface area contributed by atoms with Gasteiger partial charge in [-0.15, -0.1) is 0 Å². The highest BCUT2D eigenvalue weighted by Crippen LogP contribution is 2.34. The Bertz CT molecular complexity index is 876. The molecule has 1 aromatic carbocycles. The van der Waals surface area contributed by atoms with E-state index in [1.54, 1.807) is 12.1 Å². The summed E-state index contributed by atoms with van der Waals surface area (Å²) >= 11 is 1.43. The summed E-state index contributed by atoms with van der Waals surface area (Å²) in [6.07, 6.45) is 1.06. The number of fused-ring (bicyclic) bond motifs is 1. The van der Waals surface area contributed by atoms with Crippen molar-refractivity contribution in [2.24, 2.45) is 0 Å². The number of hydrogen-bond acceptors (Lipinski definition) is 5. The fourth-order valence-electron chi connectivity index (χ4n) is 2.76. The quantitative estimate of drug-likeness (QED) is 0.558. The molecule has 1 aromatic heterocycles. The first-order chi connectivity index (χ1) is 12.0. The maximum atomic E-state index is 12.6. The van der Waals surface area contributed by atoms with E-state index in [2.05, 4.69) is 15.3 Å². The lowest BCUT2D eigenvalue weighted by molar-refractivity contribution is -0.116. The Labute approximate surface area is 147 Å². The Kier molecular flexibility index (Phi) is 4.89. The van der Waals surface area contributed by atoms with Gasteiger partial charge < -0.3 is 15.4 Å². The Morgan fingerprint density at radius 3 is 2.68 bits per heavy atom. The predicted molar refractivity (Wildman–Crippen MR) is 94.4 cm³/mol. The molecule has 1 amide bonds. The minimum atomic E-state index is -1.02. The number of thioether (sulfide) groups is 1. The van der Waals surface area contributed by atoms with Gasteiger partial charge in [-0.3, -0.25) is 9.59 Å². The van der Waals surface area contributed by atoms with Crippen molar-refractivity contribution in [1.29, 1.82) is 0 Å². The molecule has 1 aliphatic rings. The van der Waals surface area contributed by atoms with E-state index in [0.717, 1.165) is 12.2 Å². The van der Waals surface area contributed by atoms with E-state index in [9.17, 15) is 14.4 Å². The molecule has 0 fully saturated rings. The number of amides is 1. The van der Waals surface area contributed by atoms with E-state index in [0.29, 0.717) is 16.3 Å². The van der Waals surface area contributed by atoms with Crippen LogP contribution >= 0.6 is 11.8 Å². The number of benzene rings is 1. The van der Waals surface area contributed by atoms with Crippen LogP contribution in [0.15, 0.2) is 34.2 Å². The van der Waals surface area contributed by atoms with Crippen LogP contribution in [0.4, 0.5) is 5.82 Å². The zero-order chi connectivity index (χ0) is 18.0. The number of nitrogens with one attached hydrogen (secondary N) is 2. The Morgan fingerprint density at radius 2 is 2.04 bits per heavy atom. The summed E-state index contributed by atoms with van der Waals surface area (Å²) in [4.78, 5) is 42.7. The van der Waals surface area contributed by atoms with Crippen LogP contribution in [0.1, 0.15) is 47.2 Å². The molecule has 7 nitrogen and oxygen atoms in total. The number of carboxylic acids is 1. The van der Waals surface area contributed by atoms with Gasteiger partial charge in [0.25, 0.3) is 5.56 Å². The maximum absolute atomic E-state index is 12.6. The molecule has 0 saturated heterocycles. The van der Waals surface area contributed by atoms with E-state index in [1.165, 1.54) is 23.9 Å². The van der Waals surface area contributed by atoms with Gasteiger partial charge in [-0.1, -0.05) is 30.8 Å². The van der Waals surface area contributed by atoms with Gasteiger partial charge in [0, 0.05) is 18.1 Å². The Morgan fingerprint density at radius 1 is 1.32 bits per heavy atom. The highest BCUT2D eigenvalue weighted by molar-refractivity contribution is 7.99. The smallest absolute Gasteiger partial charge is 0.335 e. The number of aromatic amines is 1. The molecule has 0 radical (unpaired) electrons. The second kappa shape index (κ2) is 7.10. The first-order valence-electron chi connectivity index (χ1n) is 7.89. The van der Waals surface area contributed by atoms with E-state index in [4.69, 9.17) is 5.11 Å². The molecule has 0 spiro atoms. The average Bonchev–Trinajstić information content (AvgIpc) is 2.59. The van der Waals surface area contributed by atoms with Crippen molar-refractivity contribution < 1.29 is 14.7 Å². The number of hydrogen-bond donors (Lipinski definition) is 3. The van der Waals surface area contributed by atoms with E-state index < -0.39 is 11.9 Å². The average molecular weight is 359 g/mol. The number of H-pyrrole nitrogens is 1. The van der Waals surface area contributed by atoms with Crippen LogP contribution in [0.25, 0.3) is 0 Å². The molecule has 1 aliphatic heterocycles. The summed E-state index contributed by atoms with van der Waals surface area (Å²) in [6, 6.07) is 6.21. The molecule has 3 rings (SSSR count). The molecule has 0 aliphatic carbocycles. The van der Waals surface area contributed by atoms with Crippen LogP contribution in [0.5, 0.6) is 0 Å². The van der Waals surface area contributed by atoms with Crippen LogP contribution < -0.4 is 10.9 Å². The van der Waals surface area contributed by atoms with Crippen molar-refractivity contribution in [1.82, 2.24) is 9.97 Å². The van der Waals surface area contributed by atoms with Crippen molar-refractivity contribution in [3.8, 4) is 0 Å². The van der Waals surface area contributed by atoms with E-state index in [-0.39, 0.29) is 29.3 Å². The zero-order valence-corrected chi connectivity index (χ0v) is 14.4. The molecule has 8 heteroatoms. The van der Waals surface area contributed by atoms with Gasteiger partial charge >= 0.3 is 5.97 Å². The van der Waals surface area contributed by atoms with E-state index in [1.807, 2.05) is 6.92 Å². The lowest BCUT2D eigenvalue weighted by atomic mass is 9.86. The van der Waals surface area contributed by atoms with Gasteiger partial charge in [0.05, 0.1) is 11.1 Å². The fourth-order valence-corrected chi connectivity index (χ4v) is 3.48. The monoisotopic (exact) mass is 359 g/mol. The SMILES string of the molecule is CCCSc1nc2c(c(=O)[nH]1)C(c1ccc(C(=O)O)cc1)CC(=O)N2. The predicted octanol–water partition coefficient (Wildman–Crippen LogP) is 2.44. The summed E-state index contributed by atoms with van der Waals surface area (Å²) in [7, 11) is 0. The highest BCUT2D eigenvalue weighted by atomic mass is 32.2. The summed E-state index contributed by atoms with van der Waals surface area (Å²) in [6.45, 7) is 2.03. The van der Waals surface area contributed by atoms with E-state index >= 15 is 0 Å². The van der Waals surface area contributed by atoms with Crippen molar-refractivity contribution in [3.63, 3.8) is 0 Å². The topological polar surface area (TPSA) is 112 Å². The van der Waals surface area contributed by atoms with Crippen molar-refractivity contribution in [2.75, 3.05) is 11.1 Å². The molecule has 25 heavy (non-hydrogen) atoms. The van der Waals surface area contributed by atoms with Crippen LogP contribution in [0.2, 0.25) is 0 Å². The summed E-state index contributed by atoms with van der Waals surface area (Å²) < 4.78 is 0. The van der Waals surface area contributed by atoms with Gasteiger partial charge in [0.2, 0.25) is 5.91 Å². The number of carbonyl (C=O) groups is 2. The van der Waals surface area contributed by atoms with Gasteiger partial charge in [-0.2, -0.15) is 0 Å². The van der Waals surface area contributed by atoms with Crippen LogP contribution in [-0.2, 0) is 4.79 Å². The summed E-state index contributed by atoms with van der Waals surface area (Å²) in [5.41, 5.74) is 0.990. The molecule has 130 valence electrons. The molecule has 1 atom stereocenters. The lowest BCUT2D eigenvalue weighted by Gasteiger charge is -2.24. The largest absolute Gasteiger partial charge is 0.478 e. The number of rotatable bonds is 5. The van der Waals surface area contributed by atoms with Gasteiger partial charge in [-0.05, 0) is 24.1 Å². The third-order valence-electron chi connectivity index (χ3n) is 3.93. The standard InChI is InChI=1S/C17H17N3O4S/c1-2-7-25-17-19-14-13(15(22)20-17)11(8-12(21)18-14)9-3-5-10(6-4-9)16(23)24/h3-6,11H,2,7-8H2,1H3,(H,23,24)(H2,18,19,20,21,22). The fraction of sp³-hybridized carbons (Fsp3) is 0.294. The summed E-state index contributed by atoms with van der Waals surface area (Å²) in [5, 5.41) is 12.1. The molecular formula is C17H17N3O4S. The number of nitrogens with zero attached hydrogens (tertiary/aromatic N) is 1. The third-order valence-corrected chi connectivity index (χ3v) is 5.01. The number of carboxylic acid groups (broad SMARTS) is 1. The van der Waals surface area contributed by atoms with Crippen molar-refractivity contribution in [3.05, 3.63) is 51.3 Å². The van der Waals surface area contributed by atoms with Gasteiger partial charge in [0.15, 0.2) is 5.16 Å². The van der Waals surface area contributed by atoms with Gasteiger partial charge in [-0.25, -0.2) is 9.78 Å². The van der Waals surface area contributed by atoms with Crippen LogP contribution in [-0.4, -0.2) is 32.7 Å². The Balaban J connectivity index is 2.02. The van der Waals surface area contributed by atoms with Gasteiger partial charge in [0.1, 0.15) is 5.82 Å². The second-order valence-electron chi connectivity index (χ2n) is 5.71. The minimum Gasteiger partial charge on any atom is -0.478 e. The Hall–Kier alpha value is -2.61. The molecular weight excluding hydrogens is 342 g/mol. The molecule has 1 unspecified atom stereocenters. The van der Waals surface area contributed by atoms with Crippen LogP contribution in [0.3, 0.4) is 0 Å². The second-order valence-corrected chi connectivity index (χ2v) is 6.80. The first kappa shape index (κ1) is 17.2. The number of anilines is 1. The lowest BCUT2D eigenvalue weighted by Crippen LogP contribution is -2.31. The summed E-state index contributed by atoms with van der Waals surface area (Å²) in [5.74, 6) is -0.593. The number of aromatic carboxylic acids is 1. The number of aromatic nitrogens is 2. The molecule has 2 aromatic rings. The zero-order valence-electron chi connectivity index (χ0n) is 13.5. The molecule has 0 bridgehead atoms. The first-order valence-corrected chi connectivity index (χ1v) is 8.88. The molecule has 0 saturated carbocycles. The highest BCUT2D eigenvalue weighted by Gasteiger charge is 2.31. The normalized spacial score (nSPS) is 16.2. The van der Waals surface area contributed by atoms with Crippen LogP contribution in [0, 0.1) is 0 Å². The van der Waals surface area contributed by atoms with Crippen molar-refractivity contribution >= 4 is 29.5 Å². The number of carbonyl (C=O) groups excluding carboxylic acids is 1. The van der Waals surface area contributed by atoms with Crippen molar-refractivity contribution in [2.45, 2.75) is 30.8 Å². The molecule has 2 heterocycles. The third kappa shape index (κ3) is 3.58.